The molecule has 2 rings (SSSR count). The van der Waals surface area contributed by atoms with Gasteiger partial charge < -0.3 is 9.84 Å². The van der Waals surface area contributed by atoms with Gasteiger partial charge in [0.15, 0.2) is 0 Å². The molecule has 4 nitrogen and oxygen atoms in total. The van der Waals surface area contributed by atoms with E-state index in [9.17, 15) is 18.0 Å². The first-order chi connectivity index (χ1) is 9.38. The van der Waals surface area contributed by atoms with Crippen molar-refractivity contribution in [2.45, 2.75) is 12.8 Å². The predicted octanol–water partition coefficient (Wildman–Crippen LogP) is 3.44. The number of carboxylic acids is 1. The first kappa shape index (κ1) is 14.3. The quantitative estimate of drug-likeness (QED) is 0.940. The summed E-state index contributed by atoms with van der Waals surface area (Å²) in [5.41, 5.74) is -1.60. The lowest BCUT2D eigenvalue weighted by molar-refractivity contribution is -0.141. The van der Waals surface area contributed by atoms with Crippen molar-refractivity contribution in [3.63, 3.8) is 0 Å². The fraction of sp³-hybridized carbons (Fsp3) is 0.167. The molecular formula is C12H8F3NO3S. The van der Waals surface area contributed by atoms with Gasteiger partial charge in [-0.1, -0.05) is 6.07 Å². The highest BCUT2D eigenvalue weighted by molar-refractivity contribution is 7.09. The van der Waals surface area contributed by atoms with E-state index in [0.717, 1.165) is 10.9 Å². The van der Waals surface area contributed by atoms with Gasteiger partial charge in [-0.05, 0) is 23.6 Å². The minimum Gasteiger partial charge on any atom is -0.477 e. The summed E-state index contributed by atoms with van der Waals surface area (Å²) in [5.74, 6) is -1.94. The summed E-state index contributed by atoms with van der Waals surface area (Å²) in [5, 5.41) is 10.7. The van der Waals surface area contributed by atoms with E-state index in [2.05, 4.69) is 4.98 Å². The summed E-state index contributed by atoms with van der Waals surface area (Å²) in [6.45, 7) is -0.0355. The van der Waals surface area contributed by atoms with E-state index in [0.29, 0.717) is 6.07 Å². The maximum Gasteiger partial charge on any atom is 0.433 e. The number of alkyl halides is 3. The Balaban J connectivity index is 2.29. The van der Waals surface area contributed by atoms with Crippen molar-refractivity contribution < 1.29 is 27.8 Å². The van der Waals surface area contributed by atoms with Gasteiger partial charge in [-0.2, -0.15) is 13.2 Å². The Morgan fingerprint density at radius 3 is 2.65 bits per heavy atom. The number of nitrogens with zero attached hydrogens (tertiary/aromatic N) is 1. The number of aromatic carboxylic acids is 1. The Kier molecular flexibility index (Phi) is 3.93. The van der Waals surface area contributed by atoms with Crippen LogP contribution in [0.2, 0.25) is 0 Å². The normalized spacial score (nSPS) is 11.3. The number of carbonyl (C=O) groups is 1. The SMILES string of the molecule is O=C(O)c1ccc(C(F)(F)F)nc1OCc1cccs1. The van der Waals surface area contributed by atoms with Crippen LogP contribution < -0.4 is 4.74 Å². The molecule has 106 valence electrons. The van der Waals surface area contributed by atoms with E-state index in [-0.39, 0.29) is 6.61 Å². The number of pyridine rings is 1. The highest BCUT2D eigenvalue weighted by Crippen LogP contribution is 2.30. The molecule has 2 aromatic heterocycles. The molecule has 1 N–H and O–H groups in total. The van der Waals surface area contributed by atoms with Crippen molar-refractivity contribution in [3.05, 3.63) is 45.8 Å². The van der Waals surface area contributed by atoms with Crippen molar-refractivity contribution in [1.29, 1.82) is 0 Å². The average Bonchev–Trinajstić information content (AvgIpc) is 2.87. The standard InChI is InChI=1S/C12H8F3NO3S/c13-12(14,15)9-4-3-8(11(17)18)10(16-9)19-6-7-2-1-5-20-7/h1-5H,6H2,(H,17,18). The second-order valence-corrected chi connectivity index (χ2v) is 4.75. The van der Waals surface area contributed by atoms with Crippen LogP contribution in [0.5, 0.6) is 5.88 Å². The van der Waals surface area contributed by atoms with Gasteiger partial charge in [0.1, 0.15) is 17.9 Å². The first-order valence-electron chi connectivity index (χ1n) is 5.34. The van der Waals surface area contributed by atoms with Crippen molar-refractivity contribution >= 4 is 17.3 Å². The van der Waals surface area contributed by atoms with Gasteiger partial charge in [-0.25, -0.2) is 9.78 Å². The summed E-state index contributed by atoms with van der Waals surface area (Å²) in [6, 6.07) is 4.92. The van der Waals surface area contributed by atoms with E-state index >= 15 is 0 Å². The molecule has 2 heterocycles. The summed E-state index contributed by atoms with van der Waals surface area (Å²) >= 11 is 1.34. The van der Waals surface area contributed by atoms with Crippen LogP contribution in [-0.4, -0.2) is 16.1 Å². The van der Waals surface area contributed by atoms with E-state index < -0.39 is 29.3 Å². The lowest BCUT2D eigenvalue weighted by Crippen LogP contribution is -2.12. The fourth-order valence-electron chi connectivity index (χ4n) is 1.41. The molecule has 0 aliphatic carbocycles. The van der Waals surface area contributed by atoms with Gasteiger partial charge in [0.2, 0.25) is 5.88 Å². The number of thiophene rings is 1. The largest absolute Gasteiger partial charge is 0.477 e. The zero-order chi connectivity index (χ0) is 14.8. The smallest absolute Gasteiger partial charge is 0.433 e. The maximum atomic E-state index is 12.6. The number of aromatic nitrogens is 1. The summed E-state index contributed by atoms with van der Waals surface area (Å²) < 4.78 is 42.7. The fourth-order valence-corrected chi connectivity index (χ4v) is 2.02. The Bertz CT molecular complexity index is 611. The third-order valence-electron chi connectivity index (χ3n) is 2.31. The number of hydrogen-bond donors (Lipinski definition) is 1. The third-order valence-corrected chi connectivity index (χ3v) is 3.16. The average molecular weight is 303 g/mol. The van der Waals surface area contributed by atoms with Crippen LogP contribution in [-0.2, 0) is 12.8 Å². The minimum absolute atomic E-state index is 0.0355. The molecule has 0 aromatic carbocycles. The Morgan fingerprint density at radius 2 is 2.10 bits per heavy atom. The Labute approximate surface area is 115 Å². The number of carboxylic acid groups (broad SMARTS) is 1. The monoisotopic (exact) mass is 303 g/mol. The summed E-state index contributed by atoms with van der Waals surface area (Å²) in [7, 11) is 0. The number of ether oxygens (including phenoxy) is 1. The molecule has 0 saturated carbocycles. The number of halogens is 3. The zero-order valence-electron chi connectivity index (χ0n) is 9.85. The molecule has 0 aliphatic heterocycles. The molecule has 0 bridgehead atoms. The summed E-state index contributed by atoms with van der Waals surface area (Å²) in [6.07, 6.45) is -4.65. The zero-order valence-corrected chi connectivity index (χ0v) is 10.7. The number of hydrogen-bond acceptors (Lipinski definition) is 4. The highest BCUT2D eigenvalue weighted by atomic mass is 32.1. The molecule has 8 heteroatoms. The Morgan fingerprint density at radius 1 is 1.35 bits per heavy atom. The second-order valence-electron chi connectivity index (χ2n) is 3.72. The molecule has 0 saturated heterocycles. The lowest BCUT2D eigenvalue weighted by atomic mass is 10.2. The van der Waals surface area contributed by atoms with Gasteiger partial charge in [-0.3, -0.25) is 0 Å². The van der Waals surface area contributed by atoms with Gasteiger partial charge in [0.05, 0.1) is 0 Å². The van der Waals surface area contributed by atoms with Crippen LogP contribution >= 0.6 is 11.3 Å². The van der Waals surface area contributed by atoms with Gasteiger partial charge in [0.25, 0.3) is 0 Å². The van der Waals surface area contributed by atoms with E-state index in [4.69, 9.17) is 9.84 Å². The molecule has 0 radical (unpaired) electrons. The van der Waals surface area contributed by atoms with E-state index in [1.165, 1.54) is 11.3 Å². The van der Waals surface area contributed by atoms with E-state index in [1.54, 1.807) is 17.5 Å². The van der Waals surface area contributed by atoms with Gasteiger partial charge >= 0.3 is 12.1 Å². The van der Waals surface area contributed by atoms with Crippen LogP contribution in [0, 0.1) is 0 Å². The van der Waals surface area contributed by atoms with Gasteiger partial charge in [-0.15, -0.1) is 11.3 Å². The molecule has 2 aromatic rings. The van der Waals surface area contributed by atoms with Crippen molar-refractivity contribution in [3.8, 4) is 5.88 Å². The van der Waals surface area contributed by atoms with Crippen molar-refractivity contribution in [2.75, 3.05) is 0 Å². The lowest BCUT2D eigenvalue weighted by Gasteiger charge is -2.11. The Hall–Kier alpha value is -2.09. The van der Waals surface area contributed by atoms with Gasteiger partial charge in [0, 0.05) is 4.88 Å². The minimum atomic E-state index is -4.65. The van der Waals surface area contributed by atoms with Crippen LogP contribution in [0.25, 0.3) is 0 Å². The van der Waals surface area contributed by atoms with Crippen LogP contribution in [0.1, 0.15) is 20.9 Å². The molecule has 20 heavy (non-hydrogen) atoms. The van der Waals surface area contributed by atoms with Crippen LogP contribution in [0.15, 0.2) is 29.6 Å². The molecule has 0 fully saturated rings. The molecule has 0 aliphatic rings. The predicted molar refractivity (Wildman–Crippen MR) is 64.8 cm³/mol. The van der Waals surface area contributed by atoms with Crippen molar-refractivity contribution in [1.82, 2.24) is 4.98 Å². The van der Waals surface area contributed by atoms with Crippen LogP contribution in [0.3, 0.4) is 0 Å². The third kappa shape index (κ3) is 3.27. The second kappa shape index (κ2) is 5.49. The highest BCUT2D eigenvalue weighted by Gasteiger charge is 2.34. The molecular weight excluding hydrogens is 295 g/mol. The molecule has 0 amide bonds. The maximum absolute atomic E-state index is 12.6. The molecule has 0 unspecified atom stereocenters. The molecule has 0 spiro atoms. The van der Waals surface area contributed by atoms with E-state index in [1.807, 2.05) is 0 Å². The first-order valence-corrected chi connectivity index (χ1v) is 6.22. The van der Waals surface area contributed by atoms with Crippen LogP contribution in [0.4, 0.5) is 13.2 Å². The summed E-state index contributed by atoms with van der Waals surface area (Å²) in [4.78, 5) is 14.9. The molecule has 0 atom stereocenters. The topological polar surface area (TPSA) is 59.4 Å². The number of rotatable bonds is 4. The van der Waals surface area contributed by atoms with Crippen molar-refractivity contribution in [2.24, 2.45) is 0 Å².